The normalized spacial score (nSPS) is 10.3. The summed E-state index contributed by atoms with van der Waals surface area (Å²) in [5.41, 5.74) is 2.43. The van der Waals surface area contributed by atoms with Crippen molar-refractivity contribution in [2.24, 2.45) is 0 Å². The number of rotatable bonds is 5. The zero-order valence-corrected chi connectivity index (χ0v) is 13.8. The van der Waals surface area contributed by atoms with Gasteiger partial charge in [0.2, 0.25) is 5.91 Å². The van der Waals surface area contributed by atoms with Gasteiger partial charge in [-0.1, -0.05) is 30.3 Å². The van der Waals surface area contributed by atoms with Gasteiger partial charge >= 0.3 is 5.97 Å². The third kappa shape index (κ3) is 3.74. The molecule has 1 N–H and O–H groups in total. The molecule has 2 aromatic rings. The highest BCUT2D eigenvalue weighted by atomic mass is 32.1. The Morgan fingerprint density at radius 2 is 1.86 bits per heavy atom. The summed E-state index contributed by atoms with van der Waals surface area (Å²) >= 11 is 1.40. The van der Waals surface area contributed by atoms with Gasteiger partial charge in [-0.25, -0.2) is 4.79 Å². The van der Waals surface area contributed by atoms with Crippen molar-refractivity contribution in [3.05, 3.63) is 51.9 Å². The Morgan fingerprint density at radius 3 is 2.50 bits per heavy atom. The zero-order valence-electron chi connectivity index (χ0n) is 12.9. The van der Waals surface area contributed by atoms with Crippen molar-refractivity contribution in [2.45, 2.75) is 26.7 Å². The summed E-state index contributed by atoms with van der Waals surface area (Å²) in [4.78, 5) is 25.0. The first-order chi connectivity index (χ1) is 10.5. The molecule has 0 saturated heterocycles. The Labute approximate surface area is 134 Å². The molecule has 1 aromatic heterocycles. The number of hydrogen-bond acceptors (Lipinski definition) is 4. The minimum atomic E-state index is -0.416. The number of methoxy groups -OCH3 is 1. The average Bonchev–Trinajstić information content (AvgIpc) is 2.80. The van der Waals surface area contributed by atoms with E-state index in [1.165, 1.54) is 18.4 Å². The zero-order chi connectivity index (χ0) is 16.1. The van der Waals surface area contributed by atoms with E-state index in [2.05, 4.69) is 5.32 Å². The molecule has 5 heteroatoms. The van der Waals surface area contributed by atoms with E-state index in [0.717, 1.165) is 16.0 Å². The molecule has 0 fully saturated rings. The third-order valence-electron chi connectivity index (χ3n) is 3.51. The first-order valence-electron chi connectivity index (χ1n) is 7.05. The van der Waals surface area contributed by atoms with Crippen molar-refractivity contribution in [3.8, 4) is 0 Å². The number of thiophene rings is 1. The lowest BCUT2D eigenvalue weighted by molar-refractivity contribution is -0.116. The van der Waals surface area contributed by atoms with Crippen LogP contribution in [0.4, 0.5) is 5.00 Å². The maximum Gasteiger partial charge on any atom is 0.341 e. The van der Waals surface area contributed by atoms with Gasteiger partial charge in [0, 0.05) is 11.3 Å². The van der Waals surface area contributed by atoms with Gasteiger partial charge in [0.25, 0.3) is 0 Å². The molecular weight excluding hydrogens is 298 g/mol. The summed E-state index contributed by atoms with van der Waals surface area (Å²) < 4.78 is 4.80. The summed E-state index contributed by atoms with van der Waals surface area (Å²) in [6.07, 6.45) is 1.05. The largest absolute Gasteiger partial charge is 0.465 e. The molecule has 0 aliphatic heterocycles. The highest BCUT2D eigenvalue weighted by molar-refractivity contribution is 7.16. The second-order valence-electron chi connectivity index (χ2n) is 5.01. The number of ether oxygens (including phenoxy) is 1. The van der Waals surface area contributed by atoms with E-state index < -0.39 is 5.97 Å². The number of carbonyl (C=O) groups excluding carboxylic acids is 2. The van der Waals surface area contributed by atoms with E-state index in [1.54, 1.807) is 0 Å². The molecule has 0 saturated carbocycles. The van der Waals surface area contributed by atoms with E-state index in [9.17, 15) is 9.59 Å². The molecular formula is C17H19NO3S. The van der Waals surface area contributed by atoms with E-state index in [-0.39, 0.29) is 5.91 Å². The van der Waals surface area contributed by atoms with Gasteiger partial charge in [-0.05, 0) is 31.4 Å². The molecule has 116 valence electrons. The number of esters is 1. The fraction of sp³-hybridized carbons (Fsp3) is 0.294. The summed E-state index contributed by atoms with van der Waals surface area (Å²) in [5, 5.41) is 3.41. The fourth-order valence-corrected chi connectivity index (χ4v) is 3.22. The number of amides is 1. The highest BCUT2D eigenvalue weighted by Gasteiger charge is 2.21. The molecule has 1 heterocycles. The van der Waals surface area contributed by atoms with Gasteiger partial charge in [0.15, 0.2) is 0 Å². The Bertz CT molecular complexity index is 677. The quantitative estimate of drug-likeness (QED) is 0.855. The second-order valence-corrected chi connectivity index (χ2v) is 6.24. The maximum absolute atomic E-state index is 12.1. The fourth-order valence-electron chi connectivity index (χ4n) is 2.15. The van der Waals surface area contributed by atoms with Gasteiger partial charge in [-0.2, -0.15) is 0 Å². The van der Waals surface area contributed by atoms with Crippen LogP contribution in [0, 0.1) is 13.8 Å². The molecule has 0 bridgehead atoms. The van der Waals surface area contributed by atoms with Crippen molar-refractivity contribution < 1.29 is 14.3 Å². The Hall–Kier alpha value is -2.14. The second kappa shape index (κ2) is 7.22. The number of carbonyl (C=O) groups is 2. The van der Waals surface area contributed by atoms with Crippen LogP contribution in [0.3, 0.4) is 0 Å². The van der Waals surface area contributed by atoms with E-state index >= 15 is 0 Å². The van der Waals surface area contributed by atoms with Gasteiger partial charge < -0.3 is 10.1 Å². The Morgan fingerprint density at radius 1 is 1.18 bits per heavy atom. The van der Waals surface area contributed by atoms with Gasteiger partial charge in [-0.15, -0.1) is 11.3 Å². The molecule has 1 amide bonds. The van der Waals surface area contributed by atoms with E-state index in [4.69, 9.17) is 4.74 Å². The number of benzene rings is 1. The summed E-state index contributed by atoms with van der Waals surface area (Å²) in [7, 11) is 1.34. The topological polar surface area (TPSA) is 55.4 Å². The monoisotopic (exact) mass is 317 g/mol. The van der Waals surface area contributed by atoms with Crippen LogP contribution in [0.25, 0.3) is 0 Å². The molecule has 0 spiro atoms. The molecule has 0 aliphatic rings. The minimum Gasteiger partial charge on any atom is -0.465 e. The van der Waals surface area contributed by atoms with Crippen LogP contribution >= 0.6 is 11.3 Å². The predicted molar refractivity (Wildman–Crippen MR) is 88.5 cm³/mol. The maximum atomic E-state index is 12.1. The van der Waals surface area contributed by atoms with E-state index in [1.807, 2.05) is 44.2 Å². The Kier molecular flexibility index (Phi) is 5.33. The number of aryl methyl sites for hydroxylation is 2. The lowest BCUT2D eigenvalue weighted by Crippen LogP contribution is -2.14. The van der Waals surface area contributed by atoms with Crippen LogP contribution in [0.2, 0.25) is 0 Å². The van der Waals surface area contributed by atoms with Crippen molar-refractivity contribution in [1.82, 2.24) is 0 Å². The number of nitrogens with one attached hydrogen (secondary N) is 1. The molecule has 0 radical (unpaired) electrons. The smallest absolute Gasteiger partial charge is 0.341 e. The number of hydrogen-bond donors (Lipinski definition) is 1. The van der Waals surface area contributed by atoms with Crippen LogP contribution in [-0.4, -0.2) is 19.0 Å². The van der Waals surface area contributed by atoms with Crippen molar-refractivity contribution >= 4 is 28.2 Å². The SMILES string of the molecule is COC(=O)c1c(NC(=O)CCc2ccccc2)sc(C)c1C. The third-order valence-corrected chi connectivity index (χ3v) is 4.63. The first-order valence-corrected chi connectivity index (χ1v) is 7.86. The highest BCUT2D eigenvalue weighted by Crippen LogP contribution is 2.33. The summed E-state index contributed by atoms with van der Waals surface area (Å²) in [6.45, 7) is 3.78. The molecule has 4 nitrogen and oxygen atoms in total. The van der Waals surface area contributed by atoms with Crippen LogP contribution in [0.1, 0.15) is 32.8 Å². The van der Waals surface area contributed by atoms with Crippen molar-refractivity contribution in [1.29, 1.82) is 0 Å². The van der Waals surface area contributed by atoms with Crippen molar-refractivity contribution in [2.75, 3.05) is 12.4 Å². The van der Waals surface area contributed by atoms with Crippen LogP contribution in [0.15, 0.2) is 30.3 Å². The molecule has 0 unspecified atom stereocenters. The van der Waals surface area contributed by atoms with Crippen LogP contribution in [-0.2, 0) is 16.0 Å². The predicted octanol–water partition coefficient (Wildman–Crippen LogP) is 3.72. The summed E-state index contributed by atoms with van der Waals surface area (Å²) in [6, 6.07) is 9.84. The van der Waals surface area contributed by atoms with Gasteiger partial charge in [-0.3, -0.25) is 4.79 Å². The van der Waals surface area contributed by atoms with Crippen LogP contribution in [0.5, 0.6) is 0 Å². The standard InChI is InChI=1S/C17H19NO3S/c1-11-12(2)22-16(15(11)17(20)21-3)18-14(19)10-9-13-7-5-4-6-8-13/h4-8H,9-10H2,1-3H3,(H,18,19). The molecule has 2 rings (SSSR count). The van der Waals surface area contributed by atoms with Crippen molar-refractivity contribution in [3.63, 3.8) is 0 Å². The van der Waals surface area contributed by atoms with Gasteiger partial charge in [0.1, 0.15) is 5.00 Å². The molecule has 22 heavy (non-hydrogen) atoms. The number of anilines is 1. The minimum absolute atomic E-state index is 0.102. The summed E-state index contributed by atoms with van der Waals surface area (Å²) in [5.74, 6) is -0.518. The lowest BCUT2D eigenvalue weighted by atomic mass is 10.1. The van der Waals surface area contributed by atoms with Crippen LogP contribution < -0.4 is 5.32 Å². The first kappa shape index (κ1) is 16.2. The van der Waals surface area contributed by atoms with E-state index in [0.29, 0.717) is 23.4 Å². The lowest BCUT2D eigenvalue weighted by Gasteiger charge is -2.06. The van der Waals surface area contributed by atoms with Gasteiger partial charge in [0.05, 0.1) is 12.7 Å². The average molecular weight is 317 g/mol. The molecule has 1 aromatic carbocycles. The Balaban J connectivity index is 2.05. The molecule has 0 aliphatic carbocycles. The molecule has 0 atom stereocenters.